The summed E-state index contributed by atoms with van der Waals surface area (Å²) in [5.41, 5.74) is 0. The quantitative estimate of drug-likeness (QED) is 0.614. The Bertz CT molecular complexity index is 368. The highest BCUT2D eigenvalue weighted by atomic mass is 35.5. The Labute approximate surface area is 113 Å². The lowest BCUT2D eigenvalue weighted by molar-refractivity contribution is -0.121. The number of nitrogens with one attached hydrogen (secondary N) is 2. The Balaban J connectivity index is 2.10. The van der Waals surface area contributed by atoms with Gasteiger partial charge in [-0.1, -0.05) is 29.3 Å². The Morgan fingerprint density at radius 1 is 1.29 bits per heavy atom. The Morgan fingerprint density at radius 3 is 2.59 bits per heavy atom. The summed E-state index contributed by atoms with van der Waals surface area (Å²) in [6.45, 7) is 0.668. The van der Waals surface area contributed by atoms with Crippen molar-refractivity contribution in [2.75, 3.05) is 13.1 Å². The van der Waals surface area contributed by atoms with E-state index in [-0.39, 0.29) is 5.91 Å². The molecule has 1 aromatic heterocycles. The number of hydrogen-bond acceptors (Lipinski definition) is 3. The first kappa shape index (κ1) is 14.3. The van der Waals surface area contributed by atoms with Gasteiger partial charge in [0.25, 0.3) is 5.91 Å². The zero-order valence-electron chi connectivity index (χ0n) is 8.91. The molecule has 0 aliphatic heterocycles. The van der Waals surface area contributed by atoms with Gasteiger partial charge < -0.3 is 10.6 Å². The van der Waals surface area contributed by atoms with Gasteiger partial charge in [0.2, 0.25) is 5.91 Å². The first-order valence-electron chi connectivity index (χ1n) is 4.94. The zero-order valence-corrected chi connectivity index (χ0v) is 11.2. The maximum Gasteiger partial charge on any atom is 0.253 e. The Kier molecular flexibility index (Phi) is 6.32. The molecule has 0 saturated carbocycles. The molecular formula is C10H12Cl2N2O2S. The molecule has 94 valence electrons. The van der Waals surface area contributed by atoms with Crippen LogP contribution >= 0.6 is 34.5 Å². The Morgan fingerprint density at radius 2 is 2.00 bits per heavy atom. The molecule has 0 aromatic carbocycles. The standard InChI is InChI=1S/C10H12Cl2N2O2S/c11-9(12)10(16)14-4-3-13-8(15)6-7-2-1-5-17-7/h1-2,5,9H,3-4,6H2,(H,13,15)(H,14,16). The average Bonchev–Trinajstić information content (AvgIpc) is 2.76. The molecule has 0 unspecified atom stereocenters. The maximum absolute atomic E-state index is 11.4. The summed E-state index contributed by atoms with van der Waals surface area (Å²) in [4.78, 5) is 22.3. The Hall–Kier alpha value is -0.780. The smallest absolute Gasteiger partial charge is 0.253 e. The van der Waals surface area contributed by atoms with Crippen molar-refractivity contribution in [3.05, 3.63) is 22.4 Å². The number of rotatable bonds is 6. The molecule has 0 saturated heterocycles. The topological polar surface area (TPSA) is 58.2 Å². The van der Waals surface area contributed by atoms with Crippen molar-refractivity contribution in [1.29, 1.82) is 0 Å². The highest BCUT2D eigenvalue weighted by Gasteiger charge is 2.10. The van der Waals surface area contributed by atoms with Crippen LogP contribution in [0.15, 0.2) is 17.5 Å². The van der Waals surface area contributed by atoms with Crippen molar-refractivity contribution in [3.8, 4) is 0 Å². The van der Waals surface area contributed by atoms with Gasteiger partial charge in [0.15, 0.2) is 4.84 Å². The van der Waals surface area contributed by atoms with Crippen LogP contribution in [0.4, 0.5) is 0 Å². The highest BCUT2D eigenvalue weighted by Crippen LogP contribution is 2.08. The third-order valence-corrected chi connectivity index (χ3v) is 3.13. The second-order valence-corrected chi connectivity index (χ2v) is 5.33. The zero-order chi connectivity index (χ0) is 12.7. The summed E-state index contributed by atoms with van der Waals surface area (Å²) < 4.78 is 0. The van der Waals surface area contributed by atoms with Gasteiger partial charge in [-0.15, -0.1) is 11.3 Å². The van der Waals surface area contributed by atoms with Gasteiger partial charge >= 0.3 is 0 Å². The molecule has 0 atom stereocenters. The van der Waals surface area contributed by atoms with E-state index in [9.17, 15) is 9.59 Å². The van der Waals surface area contributed by atoms with Crippen LogP contribution in [0.3, 0.4) is 0 Å². The molecule has 0 aliphatic carbocycles. The number of amides is 2. The second kappa shape index (κ2) is 7.53. The van der Waals surface area contributed by atoms with Crippen molar-refractivity contribution in [3.63, 3.8) is 0 Å². The molecule has 0 spiro atoms. The lowest BCUT2D eigenvalue weighted by atomic mass is 10.3. The van der Waals surface area contributed by atoms with Gasteiger partial charge in [0.1, 0.15) is 0 Å². The van der Waals surface area contributed by atoms with Crippen molar-refractivity contribution in [2.45, 2.75) is 11.3 Å². The summed E-state index contributed by atoms with van der Waals surface area (Å²) in [5.74, 6) is -0.532. The van der Waals surface area contributed by atoms with Crippen molar-refractivity contribution < 1.29 is 9.59 Å². The number of halogens is 2. The van der Waals surface area contributed by atoms with Crippen molar-refractivity contribution in [2.24, 2.45) is 0 Å². The second-order valence-electron chi connectivity index (χ2n) is 3.20. The third-order valence-electron chi connectivity index (χ3n) is 1.86. The molecule has 2 N–H and O–H groups in total. The fourth-order valence-electron chi connectivity index (χ4n) is 1.10. The summed E-state index contributed by atoms with van der Waals surface area (Å²) in [6.07, 6.45) is 0.360. The van der Waals surface area contributed by atoms with E-state index in [0.717, 1.165) is 4.88 Å². The van der Waals surface area contributed by atoms with E-state index in [0.29, 0.717) is 19.5 Å². The van der Waals surface area contributed by atoms with E-state index in [4.69, 9.17) is 23.2 Å². The maximum atomic E-state index is 11.4. The van der Waals surface area contributed by atoms with Crippen LogP contribution in [-0.2, 0) is 16.0 Å². The SMILES string of the molecule is O=C(Cc1cccs1)NCCNC(=O)C(Cl)Cl. The van der Waals surface area contributed by atoms with Crippen LogP contribution in [0.1, 0.15) is 4.88 Å². The van der Waals surface area contributed by atoms with Crippen LogP contribution in [0.2, 0.25) is 0 Å². The fraction of sp³-hybridized carbons (Fsp3) is 0.400. The highest BCUT2D eigenvalue weighted by molar-refractivity contribution is 7.10. The largest absolute Gasteiger partial charge is 0.354 e. The van der Waals surface area contributed by atoms with Gasteiger partial charge in [0, 0.05) is 18.0 Å². The van der Waals surface area contributed by atoms with E-state index < -0.39 is 10.7 Å². The van der Waals surface area contributed by atoms with Crippen molar-refractivity contribution >= 4 is 46.4 Å². The molecular weight excluding hydrogens is 283 g/mol. The van der Waals surface area contributed by atoms with E-state index in [1.165, 1.54) is 11.3 Å². The molecule has 1 rings (SSSR count). The van der Waals surface area contributed by atoms with E-state index in [1.54, 1.807) is 0 Å². The minimum absolute atomic E-state index is 0.0741. The summed E-state index contributed by atoms with van der Waals surface area (Å²) >= 11 is 12.2. The fourth-order valence-corrected chi connectivity index (χ4v) is 1.96. The molecule has 0 fully saturated rings. The third kappa shape index (κ3) is 5.91. The predicted octanol–water partition coefficient (Wildman–Crippen LogP) is 1.33. The van der Waals surface area contributed by atoms with E-state index in [2.05, 4.69) is 10.6 Å². The van der Waals surface area contributed by atoms with Crippen molar-refractivity contribution in [1.82, 2.24) is 10.6 Å². The number of carbonyl (C=O) groups excluding carboxylic acids is 2. The average molecular weight is 295 g/mol. The minimum Gasteiger partial charge on any atom is -0.354 e. The monoisotopic (exact) mass is 294 g/mol. The van der Waals surface area contributed by atoms with Gasteiger partial charge in [-0.2, -0.15) is 0 Å². The minimum atomic E-state index is -1.07. The molecule has 0 aliphatic rings. The van der Waals surface area contributed by atoms with E-state index >= 15 is 0 Å². The molecule has 0 radical (unpaired) electrons. The normalized spacial score (nSPS) is 10.3. The molecule has 1 aromatic rings. The van der Waals surface area contributed by atoms with Crippen LogP contribution < -0.4 is 10.6 Å². The molecule has 17 heavy (non-hydrogen) atoms. The molecule has 2 amide bonds. The number of alkyl halides is 2. The first-order chi connectivity index (χ1) is 8.09. The summed E-state index contributed by atoms with van der Waals surface area (Å²) in [6, 6.07) is 3.80. The van der Waals surface area contributed by atoms with Gasteiger partial charge in [0.05, 0.1) is 6.42 Å². The van der Waals surface area contributed by atoms with E-state index in [1.807, 2.05) is 17.5 Å². The van der Waals surface area contributed by atoms with Gasteiger partial charge in [-0.3, -0.25) is 9.59 Å². The first-order valence-corrected chi connectivity index (χ1v) is 6.70. The van der Waals surface area contributed by atoms with Crippen LogP contribution in [0.5, 0.6) is 0 Å². The molecule has 0 bridgehead atoms. The van der Waals surface area contributed by atoms with Gasteiger partial charge in [-0.05, 0) is 11.4 Å². The number of carbonyl (C=O) groups is 2. The number of hydrogen-bond donors (Lipinski definition) is 2. The van der Waals surface area contributed by atoms with Crippen LogP contribution in [0.25, 0.3) is 0 Å². The van der Waals surface area contributed by atoms with Gasteiger partial charge in [-0.25, -0.2) is 0 Å². The molecule has 4 nitrogen and oxygen atoms in total. The van der Waals surface area contributed by atoms with Crippen LogP contribution in [0, 0.1) is 0 Å². The molecule has 7 heteroatoms. The lowest BCUT2D eigenvalue weighted by Gasteiger charge is -2.06. The molecule has 1 heterocycles. The number of thiophene rings is 1. The summed E-state index contributed by atoms with van der Waals surface area (Å²) in [5, 5.41) is 7.08. The van der Waals surface area contributed by atoms with Crippen LogP contribution in [-0.4, -0.2) is 29.7 Å². The predicted molar refractivity (Wildman–Crippen MR) is 69.5 cm³/mol. The summed E-state index contributed by atoms with van der Waals surface area (Å²) in [7, 11) is 0. The lowest BCUT2D eigenvalue weighted by Crippen LogP contribution is -2.37.